The molecule has 0 saturated heterocycles. The number of hydrogen-bond acceptors (Lipinski definition) is 7. The van der Waals surface area contributed by atoms with Crippen LogP contribution in [-0.4, -0.2) is 58.0 Å². The van der Waals surface area contributed by atoms with Gasteiger partial charge in [0, 0.05) is 14.6 Å². The molecule has 11 nitrogen and oxygen atoms in total. The number of aliphatic hydroxyl groups is 1. The highest BCUT2D eigenvalue weighted by Crippen LogP contribution is 2.38. The molecule has 0 fully saturated rings. The lowest BCUT2D eigenvalue weighted by molar-refractivity contribution is -0.138. The zero-order valence-corrected chi connectivity index (χ0v) is 26.7. The first-order chi connectivity index (χ1) is 20.2. The van der Waals surface area contributed by atoms with Crippen LogP contribution in [0.5, 0.6) is 5.75 Å². The molecule has 0 spiro atoms. The molecule has 230 valence electrons. The Labute approximate surface area is 253 Å². The quantitative estimate of drug-likeness (QED) is 0.233. The second-order valence-electron chi connectivity index (χ2n) is 11.3. The van der Waals surface area contributed by atoms with Gasteiger partial charge in [-0.15, -0.1) is 0 Å². The number of aliphatic hydroxyl groups excluding tert-OH is 1. The minimum Gasteiger partial charge on any atom is -0.493 e. The summed E-state index contributed by atoms with van der Waals surface area (Å²) in [6.45, 7) is 6.51. The molecular weight excluding hydrogens is 611 g/mol. The molecule has 4 rings (SSSR count). The van der Waals surface area contributed by atoms with Crippen LogP contribution in [-0.2, 0) is 38.1 Å². The van der Waals surface area contributed by atoms with Crippen LogP contribution in [0.15, 0.2) is 95.8 Å². The SMILES string of the molecule is C[Si](C)(C)CCN1C(O)=CN(c2ccc(CC(NS(=O)(=O)c3ccccc3)C(=O)O)cc2OCc2ccccc2)S1(=O)=O. The fourth-order valence-corrected chi connectivity index (χ4v) is 8.02. The lowest BCUT2D eigenvalue weighted by atomic mass is 10.1. The van der Waals surface area contributed by atoms with Crippen LogP contribution in [0, 0.1) is 0 Å². The summed E-state index contributed by atoms with van der Waals surface area (Å²) in [4.78, 5) is 12.0. The first kappa shape index (κ1) is 32.1. The van der Waals surface area contributed by atoms with Crippen molar-refractivity contribution in [1.29, 1.82) is 0 Å². The maximum absolute atomic E-state index is 13.5. The third-order valence-electron chi connectivity index (χ3n) is 6.67. The lowest BCUT2D eigenvalue weighted by Crippen LogP contribution is -2.42. The van der Waals surface area contributed by atoms with E-state index in [2.05, 4.69) is 24.4 Å². The van der Waals surface area contributed by atoms with Crippen molar-refractivity contribution < 1.29 is 36.6 Å². The molecule has 3 aromatic rings. The smallest absolute Gasteiger partial charge is 0.332 e. The van der Waals surface area contributed by atoms with Gasteiger partial charge in [-0.05, 0) is 47.9 Å². The average Bonchev–Trinajstić information content (AvgIpc) is 3.18. The summed E-state index contributed by atoms with van der Waals surface area (Å²) in [6.07, 6.45) is 0.859. The Hall–Kier alpha value is -3.85. The van der Waals surface area contributed by atoms with E-state index in [4.69, 9.17) is 4.74 Å². The highest BCUT2D eigenvalue weighted by molar-refractivity contribution is 7.91. The first-order valence-electron chi connectivity index (χ1n) is 13.5. The maximum Gasteiger partial charge on any atom is 0.332 e. The van der Waals surface area contributed by atoms with Crippen LogP contribution in [0.4, 0.5) is 5.69 Å². The first-order valence-corrected chi connectivity index (χ1v) is 20.1. The fraction of sp³-hybridized carbons (Fsp3) is 0.276. The molecule has 1 heterocycles. The van der Waals surface area contributed by atoms with Gasteiger partial charge in [0.15, 0.2) is 0 Å². The Morgan fingerprint density at radius 3 is 2.21 bits per heavy atom. The minimum atomic E-state index is -4.18. The van der Waals surface area contributed by atoms with E-state index in [-0.39, 0.29) is 35.9 Å². The summed E-state index contributed by atoms with van der Waals surface area (Å²) >= 11 is 0. The van der Waals surface area contributed by atoms with Crippen molar-refractivity contribution in [2.75, 3.05) is 10.8 Å². The number of aliphatic carboxylic acids is 1. The number of carbonyl (C=O) groups is 1. The summed E-state index contributed by atoms with van der Waals surface area (Å²) < 4.78 is 62.9. The second-order valence-corrected chi connectivity index (χ2v) is 20.3. The van der Waals surface area contributed by atoms with Gasteiger partial charge in [0.25, 0.3) is 0 Å². The van der Waals surface area contributed by atoms with Crippen LogP contribution >= 0.6 is 0 Å². The topological polar surface area (TPSA) is 154 Å². The van der Waals surface area contributed by atoms with Gasteiger partial charge in [0.2, 0.25) is 15.9 Å². The van der Waals surface area contributed by atoms with Crippen molar-refractivity contribution in [3.8, 4) is 5.75 Å². The Kier molecular flexibility index (Phi) is 9.54. The summed E-state index contributed by atoms with van der Waals surface area (Å²) in [7, 11) is -9.95. The zero-order valence-electron chi connectivity index (χ0n) is 24.0. The normalized spacial score (nSPS) is 15.7. The van der Waals surface area contributed by atoms with Crippen LogP contribution in [0.1, 0.15) is 11.1 Å². The molecular formula is C29H35N3O8S2Si. The average molecular weight is 646 g/mol. The summed E-state index contributed by atoms with van der Waals surface area (Å²) in [5.41, 5.74) is 1.30. The minimum absolute atomic E-state index is 0.0726. The monoisotopic (exact) mass is 645 g/mol. The van der Waals surface area contributed by atoms with E-state index in [1.54, 1.807) is 6.07 Å². The highest BCUT2D eigenvalue weighted by Gasteiger charge is 2.39. The van der Waals surface area contributed by atoms with Gasteiger partial charge in [-0.3, -0.25) is 4.79 Å². The summed E-state index contributed by atoms with van der Waals surface area (Å²) in [5.74, 6) is -1.70. The number of nitrogens with one attached hydrogen (secondary N) is 1. The molecule has 1 aliphatic rings. The molecule has 1 atom stereocenters. The van der Waals surface area contributed by atoms with E-state index in [1.807, 2.05) is 30.3 Å². The van der Waals surface area contributed by atoms with Gasteiger partial charge in [0.05, 0.1) is 11.1 Å². The van der Waals surface area contributed by atoms with Crippen molar-refractivity contribution >= 4 is 40.0 Å². The molecule has 3 aromatic carbocycles. The molecule has 0 saturated carbocycles. The number of rotatable bonds is 13. The number of benzene rings is 3. The van der Waals surface area contributed by atoms with Crippen LogP contribution in [0.25, 0.3) is 0 Å². The van der Waals surface area contributed by atoms with Crippen molar-refractivity contribution in [1.82, 2.24) is 9.03 Å². The molecule has 3 N–H and O–H groups in total. The Bertz CT molecular complexity index is 1690. The van der Waals surface area contributed by atoms with Crippen molar-refractivity contribution in [3.63, 3.8) is 0 Å². The molecule has 0 aromatic heterocycles. The number of carboxylic acids is 1. The fourth-order valence-electron chi connectivity index (χ4n) is 4.31. The predicted molar refractivity (Wildman–Crippen MR) is 166 cm³/mol. The number of hydrogen-bond donors (Lipinski definition) is 3. The number of nitrogens with zero attached hydrogens (tertiary/aromatic N) is 2. The van der Waals surface area contributed by atoms with Crippen molar-refractivity contribution in [3.05, 3.63) is 102 Å². The summed E-state index contributed by atoms with van der Waals surface area (Å²) in [5, 5.41) is 20.4. The van der Waals surface area contributed by atoms with E-state index in [1.165, 1.54) is 42.5 Å². The number of ether oxygens (including phenoxy) is 1. The lowest BCUT2D eigenvalue weighted by Gasteiger charge is -2.25. The van der Waals surface area contributed by atoms with E-state index >= 15 is 0 Å². The van der Waals surface area contributed by atoms with Gasteiger partial charge in [-0.25, -0.2) is 17.0 Å². The van der Waals surface area contributed by atoms with Gasteiger partial charge in [-0.2, -0.15) is 13.1 Å². The number of carboxylic acid groups (broad SMARTS) is 1. The van der Waals surface area contributed by atoms with E-state index in [9.17, 15) is 31.8 Å². The van der Waals surface area contributed by atoms with Crippen LogP contribution in [0.2, 0.25) is 25.7 Å². The van der Waals surface area contributed by atoms with Crippen molar-refractivity contribution in [2.45, 2.75) is 49.7 Å². The molecule has 1 unspecified atom stereocenters. The van der Waals surface area contributed by atoms with Gasteiger partial charge in [0.1, 0.15) is 24.1 Å². The van der Waals surface area contributed by atoms with Crippen LogP contribution < -0.4 is 13.8 Å². The van der Waals surface area contributed by atoms with Gasteiger partial charge in [-0.1, -0.05) is 74.2 Å². The molecule has 1 aliphatic heterocycles. The molecule has 43 heavy (non-hydrogen) atoms. The van der Waals surface area contributed by atoms with Gasteiger partial charge < -0.3 is 14.9 Å². The summed E-state index contributed by atoms with van der Waals surface area (Å²) in [6, 6.07) is 20.1. The Morgan fingerprint density at radius 2 is 1.60 bits per heavy atom. The molecule has 0 radical (unpaired) electrons. The van der Waals surface area contributed by atoms with E-state index in [0.29, 0.717) is 11.6 Å². The zero-order chi connectivity index (χ0) is 31.4. The molecule has 0 bridgehead atoms. The van der Waals surface area contributed by atoms with E-state index < -0.39 is 46.2 Å². The molecule has 14 heteroatoms. The Morgan fingerprint density at radius 1 is 0.977 bits per heavy atom. The second kappa shape index (κ2) is 12.8. The molecule has 0 aliphatic carbocycles. The Balaban J connectivity index is 1.66. The highest BCUT2D eigenvalue weighted by atomic mass is 32.2. The number of sulfonamides is 1. The standard InChI is InChI=1S/C29H35N3O8S2Si/c1-43(2,3)17-16-31-28(33)20-32(42(31,38)39)26-15-14-23(19-27(26)40-21-22-10-6-4-7-11-22)18-25(29(34)35)30-41(36,37)24-12-8-5-9-13-24/h4-15,19-20,25,30,33H,16-18,21H2,1-3H3,(H,34,35). The largest absolute Gasteiger partial charge is 0.493 e. The van der Waals surface area contributed by atoms with Gasteiger partial charge >= 0.3 is 16.2 Å². The third-order valence-corrected chi connectivity index (χ3v) is 11.6. The third kappa shape index (κ3) is 7.96. The number of anilines is 1. The maximum atomic E-state index is 13.5. The molecule has 0 amide bonds. The predicted octanol–water partition coefficient (Wildman–Crippen LogP) is 4.30. The van der Waals surface area contributed by atoms with E-state index in [0.717, 1.165) is 20.4 Å². The van der Waals surface area contributed by atoms with Crippen LogP contribution in [0.3, 0.4) is 0 Å². The van der Waals surface area contributed by atoms with Crippen molar-refractivity contribution in [2.24, 2.45) is 0 Å².